The van der Waals surface area contributed by atoms with E-state index in [0.717, 1.165) is 16.9 Å². The van der Waals surface area contributed by atoms with Crippen LogP contribution in [0.3, 0.4) is 0 Å². The Bertz CT molecular complexity index is 562. The van der Waals surface area contributed by atoms with E-state index >= 15 is 0 Å². The molecule has 3 heteroatoms. The van der Waals surface area contributed by atoms with E-state index in [4.69, 9.17) is 14.2 Å². The van der Waals surface area contributed by atoms with E-state index in [2.05, 4.69) is 0 Å². The second kappa shape index (κ2) is 7.24. The first-order valence-corrected chi connectivity index (χ1v) is 6.37. The molecule has 0 radical (unpaired) electrons. The fourth-order valence-corrected chi connectivity index (χ4v) is 1.79. The first-order chi connectivity index (χ1) is 9.83. The Balaban J connectivity index is 2.09. The maximum atomic E-state index is 5.79. The van der Waals surface area contributed by atoms with Gasteiger partial charge in [-0.05, 0) is 29.3 Å². The van der Waals surface area contributed by atoms with Crippen LogP contribution in [0.2, 0.25) is 0 Å². The molecule has 0 amide bonds. The van der Waals surface area contributed by atoms with Gasteiger partial charge in [-0.15, -0.1) is 0 Å². The van der Waals surface area contributed by atoms with E-state index in [0.29, 0.717) is 12.4 Å². The number of ether oxygens (including phenoxy) is 3. The molecule has 0 saturated heterocycles. The van der Waals surface area contributed by atoms with Gasteiger partial charge in [-0.1, -0.05) is 36.4 Å². The second-order valence-electron chi connectivity index (χ2n) is 4.22. The lowest BCUT2D eigenvalue weighted by molar-refractivity contribution is 0.284. The first kappa shape index (κ1) is 14.0. The van der Waals surface area contributed by atoms with Crippen molar-refractivity contribution in [2.75, 3.05) is 14.2 Å². The normalized spacial score (nSPS) is 10.5. The molecule has 0 aliphatic carbocycles. The van der Waals surface area contributed by atoms with E-state index in [9.17, 15) is 0 Å². The third-order valence-corrected chi connectivity index (χ3v) is 2.82. The summed E-state index contributed by atoms with van der Waals surface area (Å²) in [4.78, 5) is 0. The third kappa shape index (κ3) is 3.79. The first-order valence-electron chi connectivity index (χ1n) is 6.37. The van der Waals surface area contributed by atoms with Gasteiger partial charge in [0.2, 0.25) is 0 Å². The van der Waals surface area contributed by atoms with Crippen LogP contribution in [-0.4, -0.2) is 14.2 Å². The number of rotatable bonds is 6. The fourth-order valence-electron chi connectivity index (χ4n) is 1.79. The Kier molecular flexibility index (Phi) is 5.07. The monoisotopic (exact) mass is 270 g/mol. The molecule has 2 aromatic carbocycles. The van der Waals surface area contributed by atoms with Gasteiger partial charge in [0.15, 0.2) is 11.5 Å². The molecule has 0 aromatic heterocycles. The van der Waals surface area contributed by atoms with Crippen molar-refractivity contribution in [2.24, 2.45) is 0 Å². The largest absolute Gasteiger partial charge is 0.504 e. The number of methoxy groups -OCH3 is 2. The minimum absolute atomic E-state index is 0.518. The van der Waals surface area contributed by atoms with Gasteiger partial charge in [-0.2, -0.15) is 0 Å². The van der Waals surface area contributed by atoms with Crippen LogP contribution in [0, 0.1) is 0 Å². The highest BCUT2D eigenvalue weighted by Crippen LogP contribution is 2.29. The highest BCUT2D eigenvalue weighted by molar-refractivity contribution is 5.55. The molecule has 0 fully saturated rings. The Labute approximate surface area is 119 Å². The van der Waals surface area contributed by atoms with Crippen molar-refractivity contribution in [1.82, 2.24) is 0 Å². The Hall–Kier alpha value is -2.42. The highest BCUT2D eigenvalue weighted by Gasteiger charge is 2.05. The molecule has 0 aliphatic rings. The molecule has 104 valence electrons. The van der Waals surface area contributed by atoms with E-state index in [-0.39, 0.29) is 0 Å². The molecule has 0 bridgehead atoms. The minimum Gasteiger partial charge on any atom is -0.504 e. The zero-order chi connectivity index (χ0) is 14.2. The van der Waals surface area contributed by atoms with Crippen LogP contribution in [0.1, 0.15) is 11.1 Å². The molecule has 3 nitrogen and oxygen atoms in total. The molecule has 0 saturated carbocycles. The molecule has 0 unspecified atom stereocenters. The summed E-state index contributed by atoms with van der Waals surface area (Å²) >= 11 is 0. The minimum atomic E-state index is 0.518. The van der Waals surface area contributed by atoms with Crippen LogP contribution in [0.15, 0.2) is 54.8 Å². The van der Waals surface area contributed by atoms with E-state index in [1.54, 1.807) is 20.5 Å². The SMILES string of the molecule is CO/C=C/c1ccc(OCc2ccccc2)c(OC)c1. The van der Waals surface area contributed by atoms with E-state index in [1.807, 2.05) is 54.6 Å². The van der Waals surface area contributed by atoms with Crippen molar-refractivity contribution >= 4 is 6.08 Å². The molecule has 0 heterocycles. The Morgan fingerprint density at radius 3 is 2.45 bits per heavy atom. The van der Waals surface area contributed by atoms with E-state index < -0.39 is 0 Å². The van der Waals surface area contributed by atoms with Crippen LogP contribution in [0.25, 0.3) is 6.08 Å². The summed E-state index contributed by atoms with van der Waals surface area (Å²) < 4.78 is 16.1. The number of hydrogen-bond acceptors (Lipinski definition) is 3. The van der Waals surface area contributed by atoms with Crippen LogP contribution < -0.4 is 9.47 Å². The van der Waals surface area contributed by atoms with Crippen LogP contribution in [0.5, 0.6) is 11.5 Å². The molecule has 20 heavy (non-hydrogen) atoms. The molecule has 2 rings (SSSR count). The third-order valence-electron chi connectivity index (χ3n) is 2.82. The fraction of sp³-hybridized carbons (Fsp3) is 0.176. The lowest BCUT2D eigenvalue weighted by Crippen LogP contribution is -1.97. The number of hydrogen-bond donors (Lipinski definition) is 0. The average molecular weight is 270 g/mol. The van der Waals surface area contributed by atoms with E-state index in [1.165, 1.54) is 0 Å². The van der Waals surface area contributed by atoms with Gasteiger partial charge < -0.3 is 14.2 Å². The maximum absolute atomic E-state index is 5.79. The van der Waals surface area contributed by atoms with Gasteiger partial charge in [0, 0.05) is 0 Å². The second-order valence-corrected chi connectivity index (χ2v) is 4.22. The summed E-state index contributed by atoms with van der Waals surface area (Å²) in [6.07, 6.45) is 3.49. The average Bonchev–Trinajstić information content (AvgIpc) is 2.52. The van der Waals surface area contributed by atoms with Crippen molar-refractivity contribution in [3.8, 4) is 11.5 Å². The molecular formula is C17H18O3. The Morgan fingerprint density at radius 1 is 0.950 bits per heavy atom. The molecule has 2 aromatic rings. The van der Waals surface area contributed by atoms with Crippen LogP contribution >= 0.6 is 0 Å². The lowest BCUT2D eigenvalue weighted by atomic mass is 10.2. The quantitative estimate of drug-likeness (QED) is 0.745. The van der Waals surface area contributed by atoms with Crippen molar-refractivity contribution < 1.29 is 14.2 Å². The number of benzene rings is 2. The van der Waals surface area contributed by atoms with Crippen molar-refractivity contribution in [1.29, 1.82) is 0 Å². The zero-order valence-corrected chi connectivity index (χ0v) is 11.7. The predicted molar refractivity (Wildman–Crippen MR) is 79.8 cm³/mol. The van der Waals surface area contributed by atoms with Gasteiger partial charge in [0.1, 0.15) is 6.61 Å². The van der Waals surface area contributed by atoms with Gasteiger partial charge in [0.25, 0.3) is 0 Å². The summed E-state index contributed by atoms with van der Waals surface area (Å²) in [6.45, 7) is 0.518. The lowest BCUT2D eigenvalue weighted by Gasteiger charge is -2.11. The zero-order valence-electron chi connectivity index (χ0n) is 11.7. The predicted octanol–water partition coefficient (Wildman–Crippen LogP) is 3.89. The molecule has 0 atom stereocenters. The topological polar surface area (TPSA) is 27.7 Å². The maximum Gasteiger partial charge on any atom is 0.161 e. The van der Waals surface area contributed by atoms with Crippen LogP contribution in [-0.2, 0) is 11.3 Å². The highest BCUT2D eigenvalue weighted by atomic mass is 16.5. The van der Waals surface area contributed by atoms with Crippen molar-refractivity contribution in [3.63, 3.8) is 0 Å². The summed E-state index contributed by atoms with van der Waals surface area (Å²) in [7, 11) is 3.25. The summed E-state index contributed by atoms with van der Waals surface area (Å²) in [5.41, 5.74) is 2.12. The van der Waals surface area contributed by atoms with Gasteiger partial charge in [0.05, 0.1) is 20.5 Å². The molecule has 0 N–H and O–H groups in total. The molecular weight excluding hydrogens is 252 g/mol. The Morgan fingerprint density at radius 2 is 1.75 bits per heavy atom. The summed E-state index contributed by atoms with van der Waals surface area (Å²) in [6, 6.07) is 15.8. The van der Waals surface area contributed by atoms with Crippen molar-refractivity contribution in [3.05, 3.63) is 65.9 Å². The molecule has 0 aliphatic heterocycles. The van der Waals surface area contributed by atoms with Crippen molar-refractivity contribution in [2.45, 2.75) is 6.61 Å². The standard InChI is InChI=1S/C17H18O3/c1-18-11-10-14-8-9-16(17(12-14)19-2)20-13-15-6-4-3-5-7-15/h3-12H,13H2,1-2H3/b11-10+. The van der Waals surface area contributed by atoms with Gasteiger partial charge >= 0.3 is 0 Å². The van der Waals surface area contributed by atoms with Gasteiger partial charge in [-0.3, -0.25) is 0 Å². The van der Waals surface area contributed by atoms with Crippen LogP contribution in [0.4, 0.5) is 0 Å². The summed E-state index contributed by atoms with van der Waals surface area (Å²) in [5.74, 6) is 1.44. The molecule has 0 spiro atoms. The smallest absolute Gasteiger partial charge is 0.161 e. The van der Waals surface area contributed by atoms with Gasteiger partial charge in [-0.25, -0.2) is 0 Å². The summed E-state index contributed by atoms with van der Waals surface area (Å²) in [5, 5.41) is 0.